The van der Waals surface area contributed by atoms with Crippen LogP contribution in [0.1, 0.15) is 20.7 Å². The molecule has 4 nitrogen and oxygen atoms in total. The van der Waals surface area contributed by atoms with E-state index < -0.39 is 5.82 Å². The van der Waals surface area contributed by atoms with Gasteiger partial charge in [0.25, 0.3) is 11.8 Å². The molecule has 3 aromatic rings. The molecule has 0 atom stereocenters. The largest absolute Gasteiger partial charge is 0.350 e. The fourth-order valence-electron chi connectivity index (χ4n) is 2.63. The summed E-state index contributed by atoms with van der Waals surface area (Å²) in [4.78, 5) is 24.1. The Hall–Kier alpha value is -3.47. The van der Waals surface area contributed by atoms with Crippen molar-refractivity contribution in [3.8, 4) is 11.1 Å². The molecule has 0 fully saturated rings. The molecular weight excluding hydrogens is 343 g/mol. The van der Waals surface area contributed by atoms with Crippen molar-refractivity contribution >= 4 is 11.8 Å². The second kappa shape index (κ2) is 8.76. The molecule has 3 rings (SSSR count). The van der Waals surface area contributed by atoms with E-state index in [0.29, 0.717) is 5.56 Å². The molecule has 5 heteroatoms. The van der Waals surface area contributed by atoms with Crippen molar-refractivity contribution < 1.29 is 14.0 Å². The highest BCUT2D eigenvalue weighted by Gasteiger charge is 2.08. The van der Waals surface area contributed by atoms with E-state index in [1.165, 1.54) is 24.3 Å². The molecule has 2 amide bonds. The third-order valence-electron chi connectivity index (χ3n) is 4.04. The van der Waals surface area contributed by atoms with Crippen LogP contribution in [0.5, 0.6) is 0 Å². The summed E-state index contributed by atoms with van der Waals surface area (Å²) in [6.45, 7) is 0.531. The Morgan fingerprint density at radius 3 is 1.89 bits per heavy atom. The second-order valence-corrected chi connectivity index (χ2v) is 5.97. The van der Waals surface area contributed by atoms with Crippen molar-refractivity contribution in [2.45, 2.75) is 0 Å². The van der Waals surface area contributed by atoms with E-state index in [2.05, 4.69) is 10.6 Å². The van der Waals surface area contributed by atoms with Crippen molar-refractivity contribution in [3.63, 3.8) is 0 Å². The summed E-state index contributed by atoms with van der Waals surface area (Å²) in [5, 5.41) is 5.39. The first kappa shape index (κ1) is 18.3. The van der Waals surface area contributed by atoms with Gasteiger partial charge in [-0.15, -0.1) is 0 Å². The summed E-state index contributed by atoms with van der Waals surface area (Å²) < 4.78 is 13.1. The molecule has 136 valence electrons. The van der Waals surface area contributed by atoms with Crippen molar-refractivity contribution in [1.82, 2.24) is 10.6 Å². The van der Waals surface area contributed by atoms with Crippen LogP contribution in [0.25, 0.3) is 11.1 Å². The Morgan fingerprint density at radius 2 is 1.26 bits per heavy atom. The van der Waals surface area contributed by atoms with Crippen LogP contribution in [0.4, 0.5) is 4.39 Å². The van der Waals surface area contributed by atoms with E-state index >= 15 is 0 Å². The lowest BCUT2D eigenvalue weighted by atomic mass is 10.0. The van der Waals surface area contributed by atoms with E-state index in [0.717, 1.165) is 11.1 Å². The molecule has 0 saturated heterocycles. The van der Waals surface area contributed by atoms with Gasteiger partial charge in [-0.05, 0) is 41.5 Å². The quantitative estimate of drug-likeness (QED) is 0.658. The van der Waals surface area contributed by atoms with Gasteiger partial charge in [0, 0.05) is 24.2 Å². The van der Waals surface area contributed by atoms with Crippen molar-refractivity contribution in [1.29, 1.82) is 0 Å². The first-order valence-electron chi connectivity index (χ1n) is 8.61. The van der Waals surface area contributed by atoms with Crippen LogP contribution < -0.4 is 10.6 Å². The molecule has 0 aliphatic carbocycles. The summed E-state index contributed by atoms with van der Waals surface area (Å²) in [6, 6.07) is 22.7. The van der Waals surface area contributed by atoms with E-state index in [9.17, 15) is 14.0 Å². The van der Waals surface area contributed by atoms with Gasteiger partial charge in [0.15, 0.2) is 0 Å². The second-order valence-electron chi connectivity index (χ2n) is 5.97. The van der Waals surface area contributed by atoms with Crippen molar-refractivity contribution in [2.24, 2.45) is 0 Å². The lowest BCUT2D eigenvalue weighted by Gasteiger charge is -2.08. The number of nitrogens with one attached hydrogen (secondary N) is 2. The molecule has 0 aliphatic rings. The van der Waals surface area contributed by atoms with Crippen molar-refractivity contribution in [3.05, 3.63) is 95.8 Å². The van der Waals surface area contributed by atoms with Gasteiger partial charge in [0.2, 0.25) is 0 Å². The molecular formula is C22H19FN2O2. The zero-order valence-electron chi connectivity index (χ0n) is 14.6. The van der Waals surface area contributed by atoms with E-state index in [1.54, 1.807) is 12.1 Å². The standard InChI is InChI=1S/C22H19FN2O2/c23-20-8-4-7-19(15-20)22(27)25-14-13-24-21(26)18-11-9-17(10-12-18)16-5-2-1-3-6-16/h1-12,15H,13-14H2,(H,24,26)(H,25,27). The molecule has 0 spiro atoms. The summed E-state index contributed by atoms with van der Waals surface area (Å²) >= 11 is 0. The molecule has 27 heavy (non-hydrogen) atoms. The van der Waals surface area contributed by atoms with Gasteiger partial charge in [0.05, 0.1) is 0 Å². The van der Waals surface area contributed by atoms with Gasteiger partial charge in [-0.1, -0.05) is 48.5 Å². The van der Waals surface area contributed by atoms with Gasteiger partial charge in [-0.25, -0.2) is 4.39 Å². The number of amides is 2. The summed E-state index contributed by atoms with van der Waals surface area (Å²) in [7, 11) is 0. The summed E-state index contributed by atoms with van der Waals surface area (Å²) in [6.07, 6.45) is 0. The predicted molar refractivity (Wildman–Crippen MR) is 103 cm³/mol. The topological polar surface area (TPSA) is 58.2 Å². The minimum absolute atomic E-state index is 0.213. The maximum atomic E-state index is 13.1. The Labute approximate surface area is 157 Å². The smallest absolute Gasteiger partial charge is 0.251 e. The Bertz CT molecular complexity index is 925. The zero-order chi connectivity index (χ0) is 19.1. The summed E-state index contributed by atoms with van der Waals surface area (Å²) in [5.74, 6) is -1.06. The number of benzene rings is 3. The third kappa shape index (κ3) is 5.01. The average molecular weight is 362 g/mol. The summed E-state index contributed by atoms with van der Waals surface area (Å²) in [5.41, 5.74) is 2.92. The van der Waals surface area contributed by atoms with Gasteiger partial charge in [-0.2, -0.15) is 0 Å². The van der Waals surface area contributed by atoms with E-state index in [1.807, 2.05) is 42.5 Å². The number of rotatable bonds is 6. The highest BCUT2D eigenvalue weighted by molar-refractivity contribution is 5.95. The van der Waals surface area contributed by atoms with E-state index in [-0.39, 0.29) is 30.5 Å². The Kier molecular flexibility index (Phi) is 5.94. The van der Waals surface area contributed by atoms with Gasteiger partial charge in [0.1, 0.15) is 5.82 Å². The molecule has 0 heterocycles. The molecule has 0 aromatic heterocycles. The molecule has 0 bridgehead atoms. The van der Waals surface area contributed by atoms with Crippen LogP contribution in [0.15, 0.2) is 78.9 Å². The number of hydrogen-bond acceptors (Lipinski definition) is 2. The zero-order valence-corrected chi connectivity index (χ0v) is 14.6. The number of carbonyl (C=O) groups excluding carboxylic acids is 2. The fraction of sp³-hybridized carbons (Fsp3) is 0.0909. The lowest BCUT2D eigenvalue weighted by Crippen LogP contribution is -2.34. The number of carbonyl (C=O) groups is 2. The van der Waals surface area contributed by atoms with E-state index in [4.69, 9.17) is 0 Å². The van der Waals surface area contributed by atoms with Gasteiger partial charge >= 0.3 is 0 Å². The maximum Gasteiger partial charge on any atom is 0.251 e. The number of halogens is 1. The highest BCUT2D eigenvalue weighted by Crippen LogP contribution is 2.19. The molecule has 2 N–H and O–H groups in total. The molecule has 0 saturated carbocycles. The molecule has 0 aliphatic heterocycles. The van der Waals surface area contributed by atoms with Crippen LogP contribution in [0, 0.1) is 5.82 Å². The minimum Gasteiger partial charge on any atom is -0.350 e. The third-order valence-corrected chi connectivity index (χ3v) is 4.04. The van der Waals surface area contributed by atoms with Crippen LogP contribution in [0.2, 0.25) is 0 Å². The lowest BCUT2D eigenvalue weighted by molar-refractivity contribution is 0.0927. The minimum atomic E-state index is -0.463. The fourth-order valence-corrected chi connectivity index (χ4v) is 2.63. The van der Waals surface area contributed by atoms with Crippen molar-refractivity contribution in [2.75, 3.05) is 13.1 Å². The number of hydrogen-bond donors (Lipinski definition) is 2. The predicted octanol–water partition coefficient (Wildman–Crippen LogP) is 3.65. The first-order valence-corrected chi connectivity index (χ1v) is 8.61. The normalized spacial score (nSPS) is 10.3. The Balaban J connectivity index is 1.47. The van der Waals surface area contributed by atoms with Crippen LogP contribution in [0.3, 0.4) is 0 Å². The highest BCUT2D eigenvalue weighted by atomic mass is 19.1. The maximum absolute atomic E-state index is 13.1. The molecule has 0 unspecified atom stereocenters. The van der Waals surface area contributed by atoms with Gasteiger partial charge < -0.3 is 10.6 Å². The monoisotopic (exact) mass is 362 g/mol. The first-order chi connectivity index (χ1) is 13.1. The molecule has 0 radical (unpaired) electrons. The average Bonchev–Trinajstić information content (AvgIpc) is 2.71. The van der Waals surface area contributed by atoms with Crippen LogP contribution >= 0.6 is 0 Å². The van der Waals surface area contributed by atoms with Crippen LogP contribution in [-0.4, -0.2) is 24.9 Å². The molecule has 3 aromatic carbocycles. The SMILES string of the molecule is O=C(NCCNC(=O)c1cccc(F)c1)c1ccc(-c2ccccc2)cc1. The van der Waals surface area contributed by atoms with Gasteiger partial charge in [-0.3, -0.25) is 9.59 Å². The Morgan fingerprint density at radius 1 is 0.667 bits per heavy atom. The van der Waals surface area contributed by atoms with Crippen LogP contribution in [-0.2, 0) is 0 Å².